The number of carbonyl (C=O) groups excluding carboxylic acids is 1. The van der Waals surface area contributed by atoms with E-state index in [4.69, 9.17) is 22.1 Å². The molecule has 0 atom stereocenters. The topological polar surface area (TPSA) is 77.2 Å². The Bertz CT molecular complexity index is 659. The Kier molecular flexibility index (Phi) is 4.10. The number of rotatable bonds is 3. The molecule has 0 unspecified atom stereocenters. The summed E-state index contributed by atoms with van der Waals surface area (Å²) < 4.78 is 5.21. The van der Waals surface area contributed by atoms with Crippen LogP contribution in [0.15, 0.2) is 30.5 Å². The Labute approximate surface area is 121 Å². The Balaban J connectivity index is 2.30. The van der Waals surface area contributed by atoms with Crippen LogP contribution in [-0.4, -0.2) is 18.0 Å². The van der Waals surface area contributed by atoms with E-state index in [0.29, 0.717) is 22.0 Å². The maximum absolute atomic E-state index is 12.1. The highest BCUT2D eigenvalue weighted by atomic mass is 35.5. The minimum atomic E-state index is -0.292. The van der Waals surface area contributed by atoms with Crippen LogP contribution in [0.25, 0.3) is 0 Å². The first kappa shape index (κ1) is 14.1. The zero-order chi connectivity index (χ0) is 14.7. The molecule has 2 aromatic rings. The predicted molar refractivity (Wildman–Crippen MR) is 79.3 cm³/mol. The molecule has 1 heterocycles. The van der Waals surface area contributed by atoms with Gasteiger partial charge in [0.25, 0.3) is 5.91 Å². The van der Waals surface area contributed by atoms with Crippen LogP contribution in [0.4, 0.5) is 11.5 Å². The average molecular weight is 292 g/mol. The molecule has 0 spiro atoms. The van der Waals surface area contributed by atoms with Gasteiger partial charge >= 0.3 is 0 Å². The fourth-order valence-corrected chi connectivity index (χ4v) is 1.87. The number of nitrogen functional groups attached to an aromatic ring is 1. The molecule has 1 amide bonds. The van der Waals surface area contributed by atoms with Crippen LogP contribution in [0, 0.1) is 6.92 Å². The van der Waals surface area contributed by atoms with Gasteiger partial charge in [0.05, 0.1) is 12.8 Å². The first-order chi connectivity index (χ1) is 9.51. The molecule has 0 aliphatic carbocycles. The highest BCUT2D eigenvalue weighted by Gasteiger charge is 2.12. The number of nitrogens with zero attached hydrogens (tertiary/aromatic N) is 1. The molecule has 0 aliphatic heterocycles. The van der Waals surface area contributed by atoms with Crippen molar-refractivity contribution in [2.75, 3.05) is 18.2 Å². The first-order valence-corrected chi connectivity index (χ1v) is 6.26. The minimum absolute atomic E-state index is 0.289. The molecule has 3 N–H and O–H groups in total. The Hall–Kier alpha value is -2.27. The van der Waals surface area contributed by atoms with Crippen LogP contribution in [0.1, 0.15) is 15.9 Å². The number of halogens is 1. The van der Waals surface area contributed by atoms with Crippen LogP contribution in [0.2, 0.25) is 5.02 Å². The van der Waals surface area contributed by atoms with Crippen LogP contribution in [0.3, 0.4) is 0 Å². The number of carbonyl (C=O) groups is 1. The van der Waals surface area contributed by atoms with Crippen molar-refractivity contribution in [2.45, 2.75) is 6.92 Å². The lowest BCUT2D eigenvalue weighted by Gasteiger charge is -2.12. The van der Waals surface area contributed by atoms with E-state index in [1.807, 2.05) is 6.92 Å². The molecule has 6 heteroatoms. The standard InChI is InChI=1S/C14H14ClN3O2/c1-8-5-11(12(20-2)7-10(8)15)18-14(19)9-3-4-17-13(16)6-9/h3-7H,1-2H3,(H2,16,17)(H,18,19). The predicted octanol–water partition coefficient (Wildman–Crippen LogP) is 2.89. The SMILES string of the molecule is COc1cc(Cl)c(C)cc1NC(=O)c1ccnc(N)c1. The Morgan fingerprint density at radius 3 is 2.80 bits per heavy atom. The largest absolute Gasteiger partial charge is 0.495 e. The molecule has 2 rings (SSSR count). The van der Waals surface area contributed by atoms with Gasteiger partial charge in [-0.15, -0.1) is 0 Å². The molecule has 0 saturated heterocycles. The molecule has 0 bridgehead atoms. The number of anilines is 2. The number of methoxy groups -OCH3 is 1. The van der Waals surface area contributed by atoms with E-state index in [9.17, 15) is 4.79 Å². The van der Waals surface area contributed by atoms with Crippen molar-refractivity contribution in [1.82, 2.24) is 4.98 Å². The third-order valence-corrected chi connectivity index (χ3v) is 3.18. The normalized spacial score (nSPS) is 10.2. The van der Waals surface area contributed by atoms with Gasteiger partial charge < -0.3 is 15.8 Å². The van der Waals surface area contributed by atoms with E-state index < -0.39 is 0 Å². The van der Waals surface area contributed by atoms with Crippen LogP contribution in [-0.2, 0) is 0 Å². The molecular weight excluding hydrogens is 278 g/mol. The van der Waals surface area contributed by atoms with Gasteiger partial charge in [-0.25, -0.2) is 4.98 Å². The zero-order valence-electron chi connectivity index (χ0n) is 11.1. The fourth-order valence-electron chi connectivity index (χ4n) is 1.71. The zero-order valence-corrected chi connectivity index (χ0v) is 11.9. The van der Waals surface area contributed by atoms with Gasteiger partial charge in [-0.1, -0.05) is 11.6 Å². The molecule has 1 aromatic carbocycles. The number of aromatic nitrogens is 1. The molecule has 5 nitrogen and oxygen atoms in total. The summed E-state index contributed by atoms with van der Waals surface area (Å²) in [6.07, 6.45) is 1.48. The van der Waals surface area contributed by atoms with E-state index in [2.05, 4.69) is 10.3 Å². The summed E-state index contributed by atoms with van der Waals surface area (Å²) in [6, 6.07) is 6.50. The second-order valence-corrected chi connectivity index (χ2v) is 4.63. The number of pyridine rings is 1. The molecule has 0 radical (unpaired) electrons. The quantitative estimate of drug-likeness (QED) is 0.911. The molecular formula is C14H14ClN3O2. The molecule has 0 aliphatic rings. The number of nitrogens with two attached hydrogens (primary N) is 1. The van der Waals surface area contributed by atoms with Gasteiger partial charge in [-0.05, 0) is 30.7 Å². The van der Waals surface area contributed by atoms with Gasteiger partial charge in [0.15, 0.2) is 0 Å². The summed E-state index contributed by atoms with van der Waals surface area (Å²) in [7, 11) is 1.51. The van der Waals surface area contributed by atoms with Crippen molar-refractivity contribution in [3.05, 3.63) is 46.6 Å². The Morgan fingerprint density at radius 1 is 1.40 bits per heavy atom. The number of hydrogen-bond donors (Lipinski definition) is 2. The van der Waals surface area contributed by atoms with Crippen molar-refractivity contribution < 1.29 is 9.53 Å². The van der Waals surface area contributed by atoms with E-state index in [-0.39, 0.29) is 11.7 Å². The van der Waals surface area contributed by atoms with Crippen molar-refractivity contribution in [3.63, 3.8) is 0 Å². The molecule has 1 aromatic heterocycles. The van der Waals surface area contributed by atoms with Gasteiger partial charge in [0.2, 0.25) is 0 Å². The van der Waals surface area contributed by atoms with E-state index in [1.54, 1.807) is 18.2 Å². The number of hydrogen-bond acceptors (Lipinski definition) is 4. The number of benzene rings is 1. The summed E-state index contributed by atoms with van der Waals surface area (Å²) >= 11 is 6.02. The molecule has 104 valence electrons. The van der Waals surface area contributed by atoms with Gasteiger partial charge in [-0.2, -0.15) is 0 Å². The maximum Gasteiger partial charge on any atom is 0.255 e. The summed E-state index contributed by atoms with van der Waals surface area (Å²) in [5, 5.41) is 3.34. The van der Waals surface area contributed by atoms with Gasteiger partial charge in [-0.3, -0.25) is 4.79 Å². The van der Waals surface area contributed by atoms with Gasteiger partial charge in [0, 0.05) is 22.8 Å². The number of ether oxygens (including phenoxy) is 1. The smallest absolute Gasteiger partial charge is 0.255 e. The van der Waals surface area contributed by atoms with E-state index in [0.717, 1.165) is 5.56 Å². The molecule has 0 saturated carbocycles. The third kappa shape index (κ3) is 3.00. The highest BCUT2D eigenvalue weighted by molar-refractivity contribution is 6.31. The average Bonchev–Trinajstić information content (AvgIpc) is 2.42. The molecule has 0 fully saturated rings. The summed E-state index contributed by atoms with van der Waals surface area (Å²) in [6.45, 7) is 1.85. The van der Waals surface area contributed by atoms with Crippen molar-refractivity contribution >= 4 is 29.0 Å². The highest BCUT2D eigenvalue weighted by Crippen LogP contribution is 2.31. The van der Waals surface area contributed by atoms with Crippen LogP contribution in [0.5, 0.6) is 5.75 Å². The van der Waals surface area contributed by atoms with E-state index in [1.165, 1.54) is 19.4 Å². The van der Waals surface area contributed by atoms with Crippen LogP contribution >= 0.6 is 11.6 Å². The second kappa shape index (κ2) is 5.79. The van der Waals surface area contributed by atoms with Crippen molar-refractivity contribution in [3.8, 4) is 5.75 Å². The van der Waals surface area contributed by atoms with Gasteiger partial charge in [0.1, 0.15) is 11.6 Å². The lowest BCUT2D eigenvalue weighted by atomic mass is 10.2. The fraction of sp³-hybridized carbons (Fsp3) is 0.143. The monoisotopic (exact) mass is 291 g/mol. The number of aryl methyl sites for hydroxylation is 1. The molecule has 20 heavy (non-hydrogen) atoms. The second-order valence-electron chi connectivity index (χ2n) is 4.23. The number of amides is 1. The Morgan fingerprint density at radius 2 is 2.15 bits per heavy atom. The van der Waals surface area contributed by atoms with Crippen LogP contribution < -0.4 is 15.8 Å². The van der Waals surface area contributed by atoms with Crippen molar-refractivity contribution in [2.24, 2.45) is 0 Å². The summed E-state index contributed by atoms with van der Waals surface area (Å²) in [4.78, 5) is 16.0. The summed E-state index contributed by atoms with van der Waals surface area (Å²) in [5.74, 6) is 0.493. The lowest BCUT2D eigenvalue weighted by molar-refractivity contribution is 0.102. The van der Waals surface area contributed by atoms with E-state index >= 15 is 0 Å². The number of nitrogens with one attached hydrogen (secondary N) is 1. The first-order valence-electron chi connectivity index (χ1n) is 5.88. The maximum atomic E-state index is 12.1. The minimum Gasteiger partial charge on any atom is -0.495 e. The summed E-state index contributed by atoms with van der Waals surface area (Å²) in [5.41, 5.74) is 7.38. The van der Waals surface area contributed by atoms with Crippen molar-refractivity contribution in [1.29, 1.82) is 0 Å². The third-order valence-electron chi connectivity index (χ3n) is 2.77. The lowest BCUT2D eigenvalue weighted by Crippen LogP contribution is -2.13.